The molecule has 0 spiro atoms. The van der Waals surface area contributed by atoms with Crippen LogP contribution in [0.2, 0.25) is 0 Å². The van der Waals surface area contributed by atoms with Gasteiger partial charge in [0, 0.05) is 5.56 Å². The number of nitrogens with one attached hydrogen (secondary N) is 1. The highest BCUT2D eigenvalue weighted by molar-refractivity contribution is 6.05. The van der Waals surface area contributed by atoms with E-state index in [9.17, 15) is 14.4 Å². The third-order valence-corrected chi connectivity index (χ3v) is 5.79. The Morgan fingerprint density at radius 1 is 0.795 bits per heavy atom. The van der Waals surface area contributed by atoms with E-state index >= 15 is 0 Å². The highest BCUT2D eigenvalue weighted by atomic mass is 16.6. The quantitative estimate of drug-likeness (QED) is 0.104. The molecule has 0 unspecified atom stereocenters. The summed E-state index contributed by atoms with van der Waals surface area (Å²) in [5.41, 5.74) is 2.05. The van der Waals surface area contributed by atoms with Crippen LogP contribution in [0.4, 0.5) is 5.69 Å². The lowest BCUT2D eigenvalue weighted by atomic mass is 10.0. The van der Waals surface area contributed by atoms with E-state index in [4.69, 9.17) is 14.2 Å². The molecule has 39 heavy (non-hydrogen) atoms. The molecule has 1 N–H and O–H groups in total. The summed E-state index contributed by atoms with van der Waals surface area (Å²) >= 11 is 0. The number of anilines is 1. The molecule has 2 aromatic rings. The third-order valence-electron chi connectivity index (χ3n) is 5.79. The second-order valence-electron chi connectivity index (χ2n) is 10.1. The Hall–Kier alpha value is -3.61. The van der Waals surface area contributed by atoms with Crippen LogP contribution in [0.1, 0.15) is 95.5 Å². The van der Waals surface area contributed by atoms with Crippen LogP contribution in [0.15, 0.2) is 60.4 Å². The average Bonchev–Trinajstić information content (AvgIpc) is 2.88. The summed E-state index contributed by atoms with van der Waals surface area (Å²) in [5.74, 6) is -2.03. The minimum atomic E-state index is -0.816. The number of benzene rings is 2. The van der Waals surface area contributed by atoms with Crippen LogP contribution in [-0.2, 0) is 25.5 Å². The Labute approximate surface area is 232 Å². The van der Waals surface area contributed by atoms with Crippen molar-refractivity contribution in [2.75, 3.05) is 5.32 Å². The molecular formula is C32H43NO6. The fourth-order valence-electron chi connectivity index (χ4n) is 3.86. The smallest absolute Gasteiger partial charge is 0.374 e. The number of ether oxygens (including phenoxy) is 3. The molecule has 0 saturated heterocycles. The number of carbonyl (C=O) groups excluding carboxylic acids is 3. The van der Waals surface area contributed by atoms with Gasteiger partial charge in [0.15, 0.2) is 5.75 Å². The van der Waals surface area contributed by atoms with Gasteiger partial charge in [-0.3, -0.25) is 4.79 Å². The van der Waals surface area contributed by atoms with Crippen LogP contribution in [0.25, 0.3) is 0 Å². The van der Waals surface area contributed by atoms with E-state index < -0.39 is 18.0 Å². The van der Waals surface area contributed by atoms with E-state index in [1.165, 1.54) is 44.1 Å². The topological polar surface area (TPSA) is 90.9 Å². The van der Waals surface area contributed by atoms with Crippen LogP contribution in [0.5, 0.6) is 5.75 Å². The van der Waals surface area contributed by atoms with Crippen molar-refractivity contribution in [1.29, 1.82) is 0 Å². The van der Waals surface area contributed by atoms with Gasteiger partial charge >= 0.3 is 11.9 Å². The van der Waals surface area contributed by atoms with Gasteiger partial charge in [0.05, 0.1) is 24.0 Å². The minimum Gasteiger partial charge on any atom is -0.460 e. The Bertz CT molecular complexity index is 1090. The van der Waals surface area contributed by atoms with Crippen LogP contribution in [-0.4, -0.2) is 30.1 Å². The molecule has 212 valence electrons. The van der Waals surface area contributed by atoms with E-state index in [1.807, 2.05) is 24.3 Å². The summed E-state index contributed by atoms with van der Waals surface area (Å²) in [5, 5.41) is 2.83. The van der Waals surface area contributed by atoms with Crippen LogP contribution < -0.4 is 10.1 Å². The molecule has 0 aliphatic carbocycles. The van der Waals surface area contributed by atoms with Gasteiger partial charge in [-0.2, -0.15) is 0 Å². The summed E-state index contributed by atoms with van der Waals surface area (Å²) in [7, 11) is 0. The maximum absolute atomic E-state index is 13.0. The lowest BCUT2D eigenvalue weighted by Gasteiger charge is -2.15. The number of esters is 2. The third kappa shape index (κ3) is 12.2. The molecule has 1 amide bonds. The van der Waals surface area contributed by atoms with Gasteiger partial charge in [-0.15, -0.1) is 0 Å². The zero-order chi connectivity index (χ0) is 28.6. The number of aryl methyl sites for hydroxylation is 1. The van der Waals surface area contributed by atoms with Crippen molar-refractivity contribution in [3.8, 4) is 5.75 Å². The number of para-hydroxylation sites is 2. The van der Waals surface area contributed by atoms with Crippen molar-refractivity contribution < 1.29 is 28.6 Å². The summed E-state index contributed by atoms with van der Waals surface area (Å²) in [6.45, 7) is 9.01. The van der Waals surface area contributed by atoms with Crippen LogP contribution >= 0.6 is 0 Å². The van der Waals surface area contributed by atoms with Crippen molar-refractivity contribution in [2.45, 2.75) is 98.2 Å². The Balaban J connectivity index is 2.06. The minimum absolute atomic E-state index is 0.186. The SMILES string of the molecule is CCCCCCCCCc1ccc(C(=O)Nc2ccccc2O/C(=C\C(=O)OC(C)C)C(=O)OC(C)C)cc1. The van der Waals surface area contributed by atoms with Crippen molar-refractivity contribution in [1.82, 2.24) is 0 Å². The number of rotatable bonds is 16. The summed E-state index contributed by atoms with van der Waals surface area (Å²) in [6, 6.07) is 14.3. The second kappa shape index (κ2) is 17.1. The van der Waals surface area contributed by atoms with Gasteiger partial charge in [-0.25, -0.2) is 9.59 Å². The van der Waals surface area contributed by atoms with Crippen LogP contribution in [0, 0.1) is 0 Å². The summed E-state index contributed by atoms with van der Waals surface area (Å²) < 4.78 is 16.1. The first kappa shape index (κ1) is 31.6. The first-order chi connectivity index (χ1) is 18.7. The molecule has 2 aromatic carbocycles. The number of carbonyl (C=O) groups is 3. The first-order valence-corrected chi connectivity index (χ1v) is 14.0. The fourth-order valence-corrected chi connectivity index (χ4v) is 3.86. The van der Waals surface area contributed by atoms with Crippen molar-refractivity contribution in [2.24, 2.45) is 0 Å². The van der Waals surface area contributed by atoms with Gasteiger partial charge in [-0.1, -0.05) is 69.7 Å². The van der Waals surface area contributed by atoms with Gasteiger partial charge in [0.2, 0.25) is 5.76 Å². The highest BCUT2D eigenvalue weighted by Gasteiger charge is 2.20. The molecule has 0 bridgehead atoms. The van der Waals surface area contributed by atoms with E-state index in [1.54, 1.807) is 52.0 Å². The average molecular weight is 538 g/mol. The molecule has 0 radical (unpaired) electrons. The molecule has 0 saturated carbocycles. The van der Waals surface area contributed by atoms with E-state index in [0.717, 1.165) is 18.9 Å². The van der Waals surface area contributed by atoms with Crippen molar-refractivity contribution in [3.05, 3.63) is 71.5 Å². The second-order valence-corrected chi connectivity index (χ2v) is 10.1. The maximum Gasteiger partial charge on any atom is 0.374 e. The predicted octanol–water partition coefficient (Wildman–Crippen LogP) is 7.40. The summed E-state index contributed by atoms with van der Waals surface area (Å²) in [4.78, 5) is 37.8. The standard InChI is InChI=1S/C32H43NO6/c1-6-7-8-9-10-11-12-15-25-18-20-26(21-19-25)31(35)33-27-16-13-14-17-28(27)39-29(32(36)38-24(4)5)22-30(34)37-23(2)3/h13-14,16-24H,6-12,15H2,1-5H3,(H,33,35)/b29-22-. The summed E-state index contributed by atoms with van der Waals surface area (Å²) in [6.07, 6.45) is 9.98. The Morgan fingerprint density at radius 3 is 2.05 bits per heavy atom. The monoisotopic (exact) mass is 537 g/mol. The highest BCUT2D eigenvalue weighted by Crippen LogP contribution is 2.27. The first-order valence-electron chi connectivity index (χ1n) is 14.0. The molecule has 7 heteroatoms. The van der Waals surface area contributed by atoms with Gasteiger partial charge in [0.25, 0.3) is 5.91 Å². The predicted molar refractivity (Wildman–Crippen MR) is 154 cm³/mol. The maximum atomic E-state index is 13.0. The fraction of sp³-hybridized carbons (Fsp3) is 0.469. The largest absolute Gasteiger partial charge is 0.460 e. The Kier molecular flexibility index (Phi) is 13.8. The van der Waals surface area contributed by atoms with Crippen molar-refractivity contribution in [3.63, 3.8) is 0 Å². The lowest BCUT2D eigenvalue weighted by Crippen LogP contribution is -2.20. The van der Waals surface area contributed by atoms with Crippen molar-refractivity contribution >= 4 is 23.5 Å². The molecular weight excluding hydrogens is 494 g/mol. The zero-order valence-electron chi connectivity index (χ0n) is 24.0. The molecule has 0 fully saturated rings. The van der Waals surface area contributed by atoms with Gasteiger partial charge in [-0.05, 0) is 70.4 Å². The molecule has 7 nitrogen and oxygen atoms in total. The molecule has 0 atom stereocenters. The van der Waals surface area contributed by atoms with Gasteiger partial charge in [0.1, 0.15) is 0 Å². The molecule has 0 heterocycles. The normalized spacial score (nSPS) is 11.4. The van der Waals surface area contributed by atoms with Crippen LogP contribution in [0.3, 0.4) is 0 Å². The van der Waals surface area contributed by atoms with E-state index in [-0.39, 0.29) is 23.5 Å². The lowest BCUT2D eigenvalue weighted by molar-refractivity contribution is -0.147. The number of hydrogen-bond donors (Lipinski definition) is 1. The molecule has 0 aliphatic heterocycles. The zero-order valence-corrected chi connectivity index (χ0v) is 24.0. The molecule has 0 aliphatic rings. The number of amides is 1. The molecule has 2 rings (SSSR count). The number of unbranched alkanes of at least 4 members (excludes halogenated alkanes) is 6. The Morgan fingerprint density at radius 2 is 1.41 bits per heavy atom. The van der Waals surface area contributed by atoms with Gasteiger partial charge < -0.3 is 19.5 Å². The van der Waals surface area contributed by atoms with E-state index in [0.29, 0.717) is 11.3 Å². The number of hydrogen-bond acceptors (Lipinski definition) is 6. The molecule has 0 aromatic heterocycles. The van der Waals surface area contributed by atoms with E-state index in [2.05, 4.69) is 12.2 Å².